The van der Waals surface area contributed by atoms with Gasteiger partial charge in [0.15, 0.2) is 11.5 Å². The summed E-state index contributed by atoms with van der Waals surface area (Å²) in [5.41, 5.74) is 3.25. The molecule has 3 heterocycles. The zero-order chi connectivity index (χ0) is 32.7. The van der Waals surface area contributed by atoms with Crippen LogP contribution in [-0.4, -0.2) is 96.3 Å². The minimum Gasteiger partial charge on any atom is -0.493 e. The number of hydrogen-bond donors (Lipinski definition) is 2. The average molecular weight is 667 g/mol. The Balaban J connectivity index is 1.31. The number of rotatable bonds is 1. The molecule has 4 bridgehead atoms. The molecule has 11 nitrogen and oxygen atoms in total. The number of thiophene rings is 1. The monoisotopic (exact) mass is 666 g/mol. The molecule has 1 aliphatic heterocycles. The highest BCUT2D eigenvalue weighted by Crippen LogP contribution is 2.37. The third-order valence-corrected chi connectivity index (χ3v) is 8.80. The Labute approximate surface area is 280 Å². The van der Waals surface area contributed by atoms with Crippen molar-refractivity contribution in [1.82, 2.24) is 15.3 Å². The molecular formula is C35H46N4O7S. The van der Waals surface area contributed by atoms with Gasteiger partial charge in [0.1, 0.15) is 18.2 Å². The van der Waals surface area contributed by atoms with Gasteiger partial charge in [0.25, 0.3) is 0 Å². The molecule has 0 spiro atoms. The predicted molar refractivity (Wildman–Crippen MR) is 184 cm³/mol. The van der Waals surface area contributed by atoms with Gasteiger partial charge in [-0.3, -0.25) is 0 Å². The fourth-order valence-corrected chi connectivity index (χ4v) is 6.19. The Morgan fingerprint density at radius 2 is 1.45 bits per heavy atom. The summed E-state index contributed by atoms with van der Waals surface area (Å²) >= 11 is 1.78. The molecule has 0 amide bonds. The van der Waals surface area contributed by atoms with Gasteiger partial charge in [-0.15, -0.1) is 11.3 Å². The quantitative estimate of drug-likeness (QED) is 0.272. The molecule has 254 valence electrons. The van der Waals surface area contributed by atoms with Crippen molar-refractivity contribution in [1.29, 1.82) is 0 Å². The molecule has 0 saturated carbocycles. The van der Waals surface area contributed by atoms with E-state index in [0.29, 0.717) is 90.0 Å². The maximum atomic E-state index is 6.09. The van der Waals surface area contributed by atoms with Crippen LogP contribution in [0.3, 0.4) is 0 Å². The highest BCUT2D eigenvalue weighted by molar-refractivity contribution is 7.15. The number of nitrogens with one attached hydrogen (secondary N) is 2. The summed E-state index contributed by atoms with van der Waals surface area (Å²) in [6.07, 6.45) is 0. The lowest BCUT2D eigenvalue weighted by Crippen LogP contribution is -2.20. The van der Waals surface area contributed by atoms with E-state index in [9.17, 15) is 0 Å². The van der Waals surface area contributed by atoms with E-state index in [4.69, 9.17) is 38.1 Å². The molecule has 0 saturated heterocycles. The molecule has 12 heteroatoms. The molecule has 2 aromatic heterocycles. The van der Waals surface area contributed by atoms with E-state index in [1.54, 1.807) is 18.4 Å². The standard InChI is InChI=1S/C35H46N4O7S/c1-25-33-8-9-34(47-33)28-7-5-4-6-27(28)24-36-10-11-41-12-13-42-14-15-43-16-17-44-18-19-45-20-21-46-32-22-29-30(23-31(32)40-3)38-26(2)39-35(29)37-25/h4-9,22-23,25,36H,10-21,24H2,1-3H3,(H,37,38,39). The van der Waals surface area contributed by atoms with Crippen LogP contribution < -0.4 is 20.1 Å². The van der Waals surface area contributed by atoms with E-state index < -0.39 is 0 Å². The van der Waals surface area contributed by atoms with Gasteiger partial charge in [0.2, 0.25) is 0 Å². The van der Waals surface area contributed by atoms with Gasteiger partial charge in [-0.1, -0.05) is 24.3 Å². The second-order valence-corrected chi connectivity index (χ2v) is 12.1. The fourth-order valence-electron chi connectivity index (χ4n) is 5.12. The Hall–Kier alpha value is -3.36. The number of nitrogens with zero attached hydrogens (tertiary/aromatic N) is 2. The van der Waals surface area contributed by atoms with Crippen molar-refractivity contribution in [3.05, 3.63) is 64.8 Å². The van der Waals surface area contributed by atoms with Crippen molar-refractivity contribution in [3.8, 4) is 21.9 Å². The topological polar surface area (TPSA) is 114 Å². The molecule has 2 aromatic carbocycles. The second-order valence-electron chi connectivity index (χ2n) is 11.0. The molecule has 2 N–H and O–H groups in total. The first-order valence-electron chi connectivity index (χ1n) is 16.2. The van der Waals surface area contributed by atoms with E-state index in [1.807, 2.05) is 19.1 Å². The summed E-state index contributed by atoms with van der Waals surface area (Å²) in [7, 11) is 1.63. The van der Waals surface area contributed by atoms with Crippen LogP contribution in [0.2, 0.25) is 0 Å². The molecule has 47 heavy (non-hydrogen) atoms. The van der Waals surface area contributed by atoms with Crippen molar-refractivity contribution in [2.75, 3.05) is 91.6 Å². The summed E-state index contributed by atoms with van der Waals surface area (Å²) in [6.45, 7) is 11.0. The number of benzene rings is 2. The normalized spacial score (nSPS) is 18.7. The summed E-state index contributed by atoms with van der Waals surface area (Å²) < 4.78 is 39.9. The van der Waals surface area contributed by atoms with Crippen molar-refractivity contribution < 1.29 is 33.2 Å². The molecule has 1 atom stereocenters. The first-order chi connectivity index (χ1) is 23.1. The van der Waals surface area contributed by atoms with E-state index in [-0.39, 0.29) is 6.04 Å². The predicted octanol–water partition coefficient (Wildman–Crippen LogP) is 5.41. The SMILES string of the molecule is COc1cc2nc(C)nc3c2cc1OCCOCCOCCOCCOCCOCCNCc1ccccc1-c1ccc(s1)C(C)N3. The van der Waals surface area contributed by atoms with Gasteiger partial charge >= 0.3 is 0 Å². The number of hydrogen-bond acceptors (Lipinski definition) is 12. The van der Waals surface area contributed by atoms with Crippen LogP contribution in [0.25, 0.3) is 21.3 Å². The summed E-state index contributed by atoms with van der Waals surface area (Å²) in [5.74, 6) is 2.63. The van der Waals surface area contributed by atoms with Crippen LogP contribution >= 0.6 is 11.3 Å². The zero-order valence-corrected chi connectivity index (χ0v) is 28.4. The molecule has 0 radical (unpaired) electrons. The van der Waals surface area contributed by atoms with Crippen LogP contribution in [0.4, 0.5) is 5.82 Å². The molecule has 0 fully saturated rings. The molecule has 4 aromatic rings. The van der Waals surface area contributed by atoms with E-state index in [2.05, 4.69) is 58.9 Å². The molecule has 5 rings (SSSR count). The number of methoxy groups -OCH3 is 1. The van der Waals surface area contributed by atoms with Crippen LogP contribution in [-0.2, 0) is 30.2 Å². The van der Waals surface area contributed by atoms with Gasteiger partial charge in [-0.05, 0) is 43.2 Å². The van der Waals surface area contributed by atoms with Gasteiger partial charge in [-0.2, -0.15) is 0 Å². The lowest BCUT2D eigenvalue weighted by molar-refractivity contribution is -0.0125. The smallest absolute Gasteiger partial charge is 0.162 e. The summed E-state index contributed by atoms with van der Waals surface area (Å²) in [5, 5.41) is 8.01. The van der Waals surface area contributed by atoms with Crippen LogP contribution in [0.5, 0.6) is 11.5 Å². The second kappa shape index (κ2) is 18.8. The average Bonchev–Trinajstić information content (AvgIpc) is 3.57. The maximum Gasteiger partial charge on any atom is 0.162 e. The Morgan fingerprint density at radius 3 is 2.15 bits per heavy atom. The number of anilines is 1. The summed E-state index contributed by atoms with van der Waals surface area (Å²) in [4.78, 5) is 11.9. The first kappa shape index (κ1) is 35.0. The third kappa shape index (κ3) is 10.6. The van der Waals surface area contributed by atoms with Crippen molar-refractivity contribution in [2.45, 2.75) is 26.4 Å². The number of aryl methyl sites for hydroxylation is 1. The highest BCUT2D eigenvalue weighted by Gasteiger charge is 2.17. The Morgan fingerprint density at radius 1 is 0.787 bits per heavy atom. The Bertz CT molecular complexity index is 1540. The molecule has 0 aliphatic carbocycles. The number of aromatic nitrogens is 2. The molecule has 1 unspecified atom stereocenters. The highest BCUT2D eigenvalue weighted by atomic mass is 32.1. The van der Waals surface area contributed by atoms with Crippen molar-refractivity contribution >= 4 is 28.1 Å². The van der Waals surface area contributed by atoms with E-state index >= 15 is 0 Å². The van der Waals surface area contributed by atoms with Gasteiger partial charge in [0, 0.05) is 34.3 Å². The van der Waals surface area contributed by atoms with Crippen molar-refractivity contribution in [2.24, 2.45) is 0 Å². The van der Waals surface area contributed by atoms with Crippen molar-refractivity contribution in [3.63, 3.8) is 0 Å². The number of ether oxygens (including phenoxy) is 7. The summed E-state index contributed by atoms with van der Waals surface area (Å²) in [6, 6.07) is 16.7. The zero-order valence-electron chi connectivity index (χ0n) is 27.5. The van der Waals surface area contributed by atoms with Gasteiger partial charge < -0.3 is 43.8 Å². The fraction of sp³-hybridized carbons (Fsp3) is 0.486. The van der Waals surface area contributed by atoms with E-state index in [1.165, 1.54) is 20.9 Å². The minimum absolute atomic E-state index is 0.0101. The first-order valence-corrected chi connectivity index (χ1v) is 17.0. The van der Waals surface area contributed by atoms with Crippen LogP contribution in [0, 0.1) is 6.92 Å². The van der Waals surface area contributed by atoms with Gasteiger partial charge in [-0.25, -0.2) is 9.97 Å². The van der Waals surface area contributed by atoms with Gasteiger partial charge in [0.05, 0.1) is 84.7 Å². The molecule has 1 aliphatic rings. The largest absolute Gasteiger partial charge is 0.493 e. The lowest BCUT2D eigenvalue weighted by atomic mass is 10.1. The minimum atomic E-state index is 0.0101. The van der Waals surface area contributed by atoms with Crippen LogP contribution in [0.1, 0.15) is 29.2 Å². The lowest BCUT2D eigenvalue weighted by Gasteiger charge is -2.17. The Kier molecular flexibility index (Phi) is 14.0. The molecular weight excluding hydrogens is 620 g/mol. The van der Waals surface area contributed by atoms with E-state index in [0.717, 1.165) is 29.8 Å². The maximum absolute atomic E-state index is 6.09. The third-order valence-electron chi connectivity index (χ3n) is 7.49. The number of fused-ring (bicyclic) bond motifs is 5. The van der Waals surface area contributed by atoms with Crippen LogP contribution in [0.15, 0.2) is 48.5 Å².